The van der Waals surface area contributed by atoms with Crippen molar-refractivity contribution in [2.75, 3.05) is 6.61 Å². The molecule has 2 N–H and O–H groups in total. The smallest absolute Gasteiger partial charge is 0.354 e. The Bertz CT molecular complexity index is 464. The van der Waals surface area contributed by atoms with Crippen molar-refractivity contribution in [2.24, 2.45) is 5.73 Å². The molecule has 0 saturated carbocycles. The Labute approximate surface area is 104 Å². The molecular formula is C13H15F2NO2. The van der Waals surface area contributed by atoms with Gasteiger partial charge in [0.25, 0.3) is 5.92 Å². The van der Waals surface area contributed by atoms with Crippen LogP contribution in [0.25, 0.3) is 6.08 Å². The molecule has 0 radical (unpaired) electrons. The van der Waals surface area contributed by atoms with Crippen molar-refractivity contribution < 1.29 is 18.3 Å². The van der Waals surface area contributed by atoms with Gasteiger partial charge in [-0.05, 0) is 18.6 Å². The third kappa shape index (κ3) is 3.55. The van der Waals surface area contributed by atoms with E-state index in [0.717, 1.165) is 6.92 Å². The fourth-order valence-electron chi connectivity index (χ4n) is 1.46. The Morgan fingerprint density at radius 3 is 2.61 bits per heavy atom. The van der Waals surface area contributed by atoms with Gasteiger partial charge in [0.2, 0.25) is 0 Å². The van der Waals surface area contributed by atoms with Crippen molar-refractivity contribution in [2.45, 2.75) is 19.8 Å². The Kier molecular flexibility index (Phi) is 4.42. The predicted molar refractivity (Wildman–Crippen MR) is 64.8 cm³/mol. The summed E-state index contributed by atoms with van der Waals surface area (Å²) >= 11 is 0. The van der Waals surface area contributed by atoms with Crippen molar-refractivity contribution in [3.05, 3.63) is 41.1 Å². The summed E-state index contributed by atoms with van der Waals surface area (Å²) in [5, 5.41) is 0. The van der Waals surface area contributed by atoms with Gasteiger partial charge >= 0.3 is 5.97 Å². The Morgan fingerprint density at radius 1 is 1.44 bits per heavy atom. The Morgan fingerprint density at radius 2 is 2.06 bits per heavy atom. The van der Waals surface area contributed by atoms with E-state index in [2.05, 4.69) is 4.74 Å². The number of carbonyl (C=O) groups is 1. The first-order valence-corrected chi connectivity index (χ1v) is 5.48. The molecule has 0 aliphatic carbocycles. The first-order valence-electron chi connectivity index (χ1n) is 5.48. The number of carbonyl (C=O) groups excluding carboxylic acids is 1. The van der Waals surface area contributed by atoms with Crippen molar-refractivity contribution in [1.82, 2.24) is 0 Å². The lowest BCUT2D eigenvalue weighted by Gasteiger charge is -2.13. The van der Waals surface area contributed by atoms with E-state index in [1.807, 2.05) is 0 Å². The highest BCUT2D eigenvalue weighted by Gasteiger charge is 2.26. The lowest BCUT2D eigenvalue weighted by molar-refractivity contribution is -0.138. The van der Waals surface area contributed by atoms with Crippen molar-refractivity contribution >= 4 is 12.0 Å². The highest BCUT2D eigenvalue weighted by molar-refractivity contribution is 5.92. The van der Waals surface area contributed by atoms with Crippen LogP contribution >= 0.6 is 0 Å². The third-order valence-corrected chi connectivity index (χ3v) is 2.26. The quantitative estimate of drug-likeness (QED) is 0.664. The number of ether oxygens (including phenoxy) is 1. The van der Waals surface area contributed by atoms with Crippen LogP contribution in [-0.4, -0.2) is 12.6 Å². The van der Waals surface area contributed by atoms with E-state index in [1.165, 1.54) is 24.3 Å². The molecule has 0 saturated heterocycles. The number of hydrogen-bond acceptors (Lipinski definition) is 3. The summed E-state index contributed by atoms with van der Waals surface area (Å²) in [4.78, 5) is 11.3. The summed E-state index contributed by atoms with van der Waals surface area (Å²) in [6.07, 6.45) is 1.20. The van der Waals surface area contributed by atoms with Gasteiger partial charge in [-0.3, -0.25) is 0 Å². The highest BCUT2D eigenvalue weighted by Crippen LogP contribution is 2.30. The summed E-state index contributed by atoms with van der Waals surface area (Å²) < 4.78 is 31.3. The maximum atomic E-state index is 13.3. The van der Waals surface area contributed by atoms with E-state index >= 15 is 0 Å². The van der Waals surface area contributed by atoms with Crippen molar-refractivity contribution in [3.8, 4) is 0 Å². The molecule has 5 heteroatoms. The zero-order chi connectivity index (χ0) is 13.8. The number of alkyl halides is 2. The normalized spacial score (nSPS) is 12.3. The third-order valence-electron chi connectivity index (χ3n) is 2.26. The largest absolute Gasteiger partial charge is 0.461 e. The molecule has 0 aliphatic rings. The van der Waals surface area contributed by atoms with E-state index in [0.29, 0.717) is 0 Å². The van der Waals surface area contributed by atoms with Crippen LogP contribution in [0.2, 0.25) is 0 Å². The molecule has 0 aliphatic heterocycles. The van der Waals surface area contributed by atoms with Gasteiger partial charge < -0.3 is 10.5 Å². The van der Waals surface area contributed by atoms with Gasteiger partial charge in [-0.15, -0.1) is 0 Å². The van der Waals surface area contributed by atoms with Crippen LogP contribution in [0, 0.1) is 0 Å². The maximum Gasteiger partial charge on any atom is 0.354 e. The second kappa shape index (κ2) is 5.62. The zero-order valence-corrected chi connectivity index (χ0v) is 10.2. The SMILES string of the molecule is CCOC(=O)/C(N)=C/c1ccccc1C(C)(F)F. The second-order valence-corrected chi connectivity index (χ2v) is 3.80. The molecule has 0 spiro atoms. The molecule has 0 fully saturated rings. The van der Waals surface area contributed by atoms with Gasteiger partial charge in [-0.25, -0.2) is 13.6 Å². The topological polar surface area (TPSA) is 52.3 Å². The van der Waals surface area contributed by atoms with Crippen LogP contribution in [-0.2, 0) is 15.5 Å². The number of halogens is 2. The monoisotopic (exact) mass is 255 g/mol. The number of rotatable bonds is 4. The standard InChI is InChI=1S/C13H15F2NO2/c1-3-18-12(17)11(16)8-9-6-4-5-7-10(9)13(2,14)15/h4-8H,3,16H2,1-2H3/b11-8-. The van der Waals surface area contributed by atoms with Crippen LogP contribution < -0.4 is 5.73 Å². The first kappa shape index (κ1) is 14.2. The fraction of sp³-hybridized carbons (Fsp3) is 0.308. The summed E-state index contributed by atoms with van der Waals surface area (Å²) in [7, 11) is 0. The van der Waals surface area contributed by atoms with Crippen LogP contribution in [0.5, 0.6) is 0 Å². The molecular weight excluding hydrogens is 240 g/mol. The van der Waals surface area contributed by atoms with E-state index in [1.54, 1.807) is 13.0 Å². The van der Waals surface area contributed by atoms with Crippen LogP contribution in [0.4, 0.5) is 8.78 Å². The van der Waals surface area contributed by atoms with Crippen molar-refractivity contribution in [3.63, 3.8) is 0 Å². The van der Waals surface area contributed by atoms with E-state index < -0.39 is 11.9 Å². The molecule has 98 valence electrons. The Balaban J connectivity index is 3.11. The van der Waals surface area contributed by atoms with Crippen molar-refractivity contribution in [1.29, 1.82) is 0 Å². The predicted octanol–water partition coefficient (Wildman–Crippen LogP) is 2.66. The minimum absolute atomic E-state index is 0.180. The number of hydrogen-bond donors (Lipinski definition) is 1. The number of nitrogens with two attached hydrogens (primary N) is 1. The number of benzene rings is 1. The molecule has 18 heavy (non-hydrogen) atoms. The summed E-state index contributed by atoms with van der Waals surface area (Å²) in [5.41, 5.74) is 5.31. The summed E-state index contributed by atoms with van der Waals surface area (Å²) in [6.45, 7) is 2.61. The van der Waals surface area contributed by atoms with Gasteiger partial charge in [0.05, 0.1) is 6.61 Å². The van der Waals surface area contributed by atoms with Gasteiger partial charge in [-0.2, -0.15) is 0 Å². The number of esters is 1. The zero-order valence-electron chi connectivity index (χ0n) is 10.2. The van der Waals surface area contributed by atoms with Gasteiger partial charge in [0.1, 0.15) is 5.70 Å². The van der Waals surface area contributed by atoms with Crippen LogP contribution in [0.15, 0.2) is 30.0 Å². The summed E-state index contributed by atoms with van der Waals surface area (Å²) in [6, 6.07) is 5.87. The Hall–Kier alpha value is -1.91. The van der Waals surface area contributed by atoms with Gasteiger partial charge in [-0.1, -0.05) is 24.3 Å². The molecule has 1 rings (SSSR count). The first-order chi connectivity index (χ1) is 8.36. The molecule has 3 nitrogen and oxygen atoms in total. The molecule has 0 aromatic heterocycles. The summed E-state index contributed by atoms with van der Waals surface area (Å²) in [5.74, 6) is -3.71. The van der Waals surface area contributed by atoms with E-state index in [4.69, 9.17) is 5.73 Å². The molecule has 0 heterocycles. The fourth-order valence-corrected chi connectivity index (χ4v) is 1.46. The van der Waals surface area contributed by atoms with Crippen LogP contribution in [0.3, 0.4) is 0 Å². The second-order valence-electron chi connectivity index (χ2n) is 3.80. The average molecular weight is 255 g/mol. The minimum Gasteiger partial charge on any atom is -0.461 e. The molecule has 0 atom stereocenters. The maximum absolute atomic E-state index is 13.3. The molecule has 1 aromatic rings. The van der Waals surface area contributed by atoms with E-state index in [-0.39, 0.29) is 23.4 Å². The minimum atomic E-state index is -3.00. The van der Waals surface area contributed by atoms with Gasteiger partial charge in [0, 0.05) is 12.5 Å². The lowest BCUT2D eigenvalue weighted by atomic mass is 10.0. The molecule has 0 amide bonds. The molecule has 0 bridgehead atoms. The van der Waals surface area contributed by atoms with E-state index in [9.17, 15) is 13.6 Å². The highest BCUT2D eigenvalue weighted by atomic mass is 19.3. The molecule has 1 aromatic carbocycles. The van der Waals surface area contributed by atoms with Gasteiger partial charge in [0.15, 0.2) is 0 Å². The molecule has 0 unspecified atom stereocenters. The lowest BCUT2D eigenvalue weighted by Crippen LogP contribution is -2.15. The average Bonchev–Trinajstić information content (AvgIpc) is 2.28. The van der Waals surface area contributed by atoms with Crippen LogP contribution in [0.1, 0.15) is 25.0 Å².